The highest BCUT2D eigenvalue weighted by atomic mass is 16.5. The van der Waals surface area contributed by atoms with Crippen molar-refractivity contribution in [1.29, 1.82) is 0 Å². The van der Waals surface area contributed by atoms with Crippen molar-refractivity contribution < 1.29 is 14.6 Å². The third kappa shape index (κ3) is 6.99. The van der Waals surface area contributed by atoms with Crippen molar-refractivity contribution >= 4 is 11.7 Å². The zero-order valence-electron chi connectivity index (χ0n) is 13.3. The lowest BCUT2D eigenvalue weighted by atomic mass is 10.2. The normalized spacial score (nSPS) is 12.6. The summed E-state index contributed by atoms with van der Waals surface area (Å²) in [6.45, 7) is 7.92. The van der Waals surface area contributed by atoms with Gasteiger partial charge in [0.05, 0.1) is 5.69 Å². The predicted molar refractivity (Wildman–Crippen MR) is 84.8 cm³/mol. The minimum absolute atomic E-state index is 0.00727. The maximum Gasteiger partial charge on any atom is 0.319 e. The molecule has 0 saturated carbocycles. The van der Waals surface area contributed by atoms with E-state index in [1.54, 1.807) is 6.07 Å². The highest BCUT2D eigenvalue weighted by molar-refractivity contribution is 5.91. The fraction of sp³-hybridized carbons (Fsp3) is 0.562. The van der Waals surface area contributed by atoms with E-state index in [9.17, 15) is 4.79 Å². The number of rotatable bonds is 6. The van der Waals surface area contributed by atoms with Gasteiger partial charge in [-0.05, 0) is 52.7 Å². The number of carbonyl (C=O) groups excluding carboxylic acids is 1. The van der Waals surface area contributed by atoms with Crippen LogP contribution in [-0.4, -0.2) is 29.4 Å². The van der Waals surface area contributed by atoms with Crippen LogP contribution >= 0.6 is 0 Å². The minimum atomic E-state index is -0.331. The largest absolute Gasteiger partial charge is 0.486 e. The van der Waals surface area contributed by atoms with Crippen LogP contribution in [0, 0.1) is 0 Å². The molecular formula is C16H26N2O3. The Morgan fingerprint density at radius 3 is 2.62 bits per heavy atom. The number of anilines is 1. The van der Waals surface area contributed by atoms with Crippen LogP contribution in [0.5, 0.6) is 5.75 Å². The molecule has 1 rings (SSSR count). The number of hydrogen-bond donors (Lipinski definition) is 3. The minimum Gasteiger partial charge on any atom is -0.486 e. The Morgan fingerprint density at radius 1 is 1.33 bits per heavy atom. The number of nitrogens with one attached hydrogen (secondary N) is 2. The first-order valence-corrected chi connectivity index (χ1v) is 7.28. The molecule has 2 amide bonds. The molecule has 0 spiro atoms. The topological polar surface area (TPSA) is 70.6 Å². The third-order valence-electron chi connectivity index (χ3n) is 2.72. The molecule has 0 aliphatic heterocycles. The van der Waals surface area contributed by atoms with Gasteiger partial charge in [0.2, 0.25) is 0 Å². The second-order valence-corrected chi connectivity index (χ2v) is 6.08. The Morgan fingerprint density at radius 2 is 2.00 bits per heavy atom. The van der Waals surface area contributed by atoms with Gasteiger partial charge in [0.15, 0.2) is 0 Å². The summed E-state index contributed by atoms with van der Waals surface area (Å²) in [4.78, 5) is 12.0. The van der Waals surface area contributed by atoms with E-state index in [0.717, 1.165) is 6.42 Å². The van der Waals surface area contributed by atoms with Crippen molar-refractivity contribution in [1.82, 2.24) is 5.32 Å². The highest BCUT2D eigenvalue weighted by Crippen LogP contribution is 2.27. The van der Waals surface area contributed by atoms with Crippen molar-refractivity contribution in [2.24, 2.45) is 0 Å². The molecule has 21 heavy (non-hydrogen) atoms. The molecule has 0 heterocycles. The Hall–Kier alpha value is -1.75. The maximum absolute atomic E-state index is 12.0. The molecule has 5 heteroatoms. The van der Waals surface area contributed by atoms with Crippen LogP contribution in [0.1, 0.15) is 40.5 Å². The van der Waals surface area contributed by atoms with Crippen molar-refractivity contribution in [3.8, 4) is 5.75 Å². The first kappa shape index (κ1) is 17.3. The molecule has 0 radical (unpaired) electrons. The van der Waals surface area contributed by atoms with Crippen LogP contribution in [0.15, 0.2) is 24.3 Å². The Balaban J connectivity index is 2.63. The molecule has 0 aliphatic rings. The molecule has 3 N–H and O–H groups in total. The summed E-state index contributed by atoms with van der Waals surface area (Å²) in [5, 5.41) is 14.4. The molecule has 1 aromatic rings. The molecule has 0 saturated heterocycles. The fourth-order valence-corrected chi connectivity index (χ4v) is 1.84. The Kier molecular flexibility index (Phi) is 6.49. The standard InChI is InChI=1S/C16H26N2O3/c1-12(8-7-11-19)17-15(20)18-13-9-5-6-10-14(13)21-16(2,3)4/h5-6,9-10,12,19H,7-8,11H2,1-4H3,(H2,17,18,20). The Labute approximate surface area is 126 Å². The summed E-state index contributed by atoms with van der Waals surface area (Å²) in [6, 6.07) is 7.09. The number of ether oxygens (including phenoxy) is 1. The summed E-state index contributed by atoms with van der Waals surface area (Å²) < 4.78 is 5.83. The fourth-order valence-electron chi connectivity index (χ4n) is 1.84. The number of para-hydroxylation sites is 2. The first-order valence-electron chi connectivity index (χ1n) is 7.28. The van der Waals surface area contributed by atoms with Crippen LogP contribution in [0.4, 0.5) is 10.5 Å². The van der Waals surface area contributed by atoms with E-state index in [2.05, 4.69) is 10.6 Å². The predicted octanol–water partition coefficient (Wildman–Crippen LogP) is 3.15. The third-order valence-corrected chi connectivity index (χ3v) is 2.72. The van der Waals surface area contributed by atoms with Crippen LogP contribution in [0.2, 0.25) is 0 Å². The number of benzene rings is 1. The quantitative estimate of drug-likeness (QED) is 0.755. The molecule has 0 bridgehead atoms. The van der Waals surface area contributed by atoms with Gasteiger partial charge in [-0.15, -0.1) is 0 Å². The first-order chi connectivity index (χ1) is 9.81. The van der Waals surface area contributed by atoms with Gasteiger partial charge in [0.1, 0.15) is 11.4 Å². The van der Waals surface area contributed by atoms with E-state index < -0.39 is 0 Å². The van der Waals surface area contributed by atoms with Gasteiger partial charge in [-0.25, -0.2) is 4.79 Å². The van der Waals surface area contributed by atoms with Gasteiger partial charge in [-0.3, -0.25) is 0 Å². The van der Waals surface area contributed by atoms with Crippen molar-refractivity contribution in [3.63, 3.8) is 0 Å². The summed E-state index contributed by atoms with van der Waals surface area (Å²) in [6.07, 6.45) is 1.41. The number of aliphatic hydroxyl groups is 1. The summed E-state index contributed by atoms with van der Waals surface area (Å²) in [7, 11) is 0. The number of carbonyl (C=O) groups is 1. The zero-order valence-corrected chi connectivity index (χ0v) is 13.3. The summed E-state index contributed by atoms with van der Waals surface area (Å²) >= 11 is 0. The van der Waals surface area contributed by atoms with E-state index in [-0.39, 0.29) is 24.3 Å². The van der Waals surface area contributed by atoms with Crippen LogP contribution in [0.25, 0.3) is 0 Å². The monoisotopic (exact) mass is 294 g/mol. The van der Waals surface area contributed by atoms with E-state index in [0.29, 0.717) is 17.9 Å². The van der Waals surface area contributed by atoms with E-state index in [4.69, 9.17) is 9.84 Å². The van der Waals surface area contributed by atoms with Gasteiger partial charge in [-0.1, -0.05) is 12.1 Å². The smallest absolute Gasteiger partial charge is 0.319 e. The lowest BCUT2D eigenvalue weighted by molar-refractivity contribution is 0.132. The summed E-state index contributed by atoms with van der Waals surface area (Å²) in [5.41, 5.74) is 0.308. The van der Waals surface area contributed by atoms with Crippen LogP contribution < -0.4 is 15.4 Å². The van der Waals surface area contributed by atoms with Crippen molar-refractivity contribution in [2.75, 3.05) is 11.9 Å². The molecule has 1 unspecified atom stereocenters. The van der Waals surface area contributed by atoms with Gasteiger partial charge in [0.25, 0.3) is 0 Å². The lowest BCUT2D eigenvalue weighted by Crippen LogP contribution is -2.36. The van der Waals surface area contributed by atoms with E-state index >= 15 is 0 Å². The molecule has 1 atom stereocenters. The average Bonchev–Trinajstić information content (AvgIpc) is 2.37. The van der Waals surface area contributed by atoms with Gasteiger partial charge in [-0.2, -0.15) is 0 Å². The average molecular weight is 294 g/mol. The number of aliphatic hydroxyl groups excluding tert-OH is 1. The number of hydrogen-bond acceptors (Lipinski definition) is 3. The second-order valence-electron chi connectivity index (χ2n) is 6.08. The molecule has 0 aromatic heterocycles. The zero-order chi connectivity index (χ0) is 15.9. The van der Waals surface area contributed by atoms with E-state index in [1.165, 1.54) is 0 Å². The van der Waals surface area contributed by atoms with Crippen molar-refractivity contribution in [2.45, 2.75) is 52.2 Å². The molecule has 118 valence electrons. The molecule has 0 fully saturated rings. The molecule has 0 aliphatic carbocycles. The van der Waals surface area contributed by atoms with Crippen LogP contribution in [-0.2, 0) is 0 Å². The van der Waals surface area contributed by atoms with Crippen molar-refractivity contribution in [3.05, 3.63) is 24.3 Å². The van der Waals surface area contributed by atoms with Gasteiger partial charge >= 0.3 is 6.03 Å². The number of amides is 2. The van der Waals surface area contributed by atoms with Crippen LogP contribution in [0.3, 0.4) is 0 Å². The lowest BCUT2D eigenvalue weighted by Gasteiger charge is -2.23. The highest BCUT2D eigenvalue weighted by Gasteiger charge is 2.16. The molecule has 1 aromatic carbocycles. The van der Waals surface area contributed by atoms with Gasteiger partial charge < -0.3 is 20.5 Å². The molecule has 5 nitrogen and oxygen atoms in total. The number of urea groups is 1. The molecular weight excluding hydrogens is 268 g/mol. The maximum atomic E-state index is 12.0. The second kappa shape index (κ2) is 7.88. The summed E-state index contributed by atoms with van der Waals surface area (Å²) in [5.74, 6) is 0.642. The van der Waals surface area contributed by atoms with E-state index in [1.807, 2.05) is 45.9 Å². The Bertz CT molecular complexity index is 455. The SMILES string of the molecule is CC(CCCO)NC(=O)Nc1ccccc1OC(C)(C)C. The van der Waals surface area contributed by atoms with Gasteiger partial charge in [0, 0.05) is 12.6 Å².